The third-order valence-electron chi connectivity index (χ3n) is 5.46. The Morgan fingerprint density at radius 1 is 1.10 bits per heavy atom. The van der Waals surface area contributed by atoms with Crippen molar-refractivity contribution < 1.29 is 24.2 Å². The van der Waals surface area contributed by atoms with Crippen LogP contribution in [0.2, 0.25) is 0 Å². The maximum atomic E-state index is 12.9. The van der Waals surface area contributed by atoms with Crippen LogP contribution in [0, 0.1) is 11.8 Å². The second-order valence-corrected chi connectivity index (χ2v) is 9.32. The second kappa shape index (κ2) is 10.4. The topological polar surface area (TPSA) is 125 Å². The van der Waals surface area contributed by atoms with E-state index in [0.717, 1.165) is 31.2 Å². The molecule has 1 aromatic rings. The molecular weight excluding hydrogens is 384 g/mol. The molecule has 0 aliphatic heterocycles. The molecule has 0 bridgehead atoms. The third kappa shape index (κ3) is 7.07. The molecule has 1 saturated carbocycles. The molecule has 30 heavy (non-hydrogen) atoms. The lowest BCUT2D eigenvalue weighted by molar-refractivity contribution is -0.171. The van der Waals surface area contributed by atoms with Crippen LogP contribution in [0.25, 0.3) is 0 Å². The molecule has 0 radical (unpaired) electrons. The van der Waals surface area contributed by atoms with Crippen LogP contribution >= 0.6 is 0 Å². The Bertz CT molecular complexity index is 693. The van der Waals surface area contributed by atoms with E-state index in [0.29, 0.717) is 6.42 Å². The number of benzene rings is 1. The first-order valence-corrected chi connectivity index (χ1v) is 10.7. The molecule has 1 fully saturated rings. The molecule has 0 saturated heterocycles. The number of aliphatic hydroxyl groups excluding tert-OH is 1. The number of carbonyl (C=O) groups is 2. The van der Waals surface area contributed by atoms with Crippen molar-refractivity contribution in [3.63, 3.8) is 0 Å². The fourth-order valence-corrected chi connectivity index (χ4v) is 3.82. The van der Waals surface area contributed by atoms with Crippen molar-refractivity contribution in [2.75, 3.05) is 0 Å². The normalized spacial score (nSPS) is 17.8. The Morgan fingerprint density at radius 3 is 2.27 bits per heavy atom. The van der Waals surface area contributed by atoms with E-state index < -0.39 is 35.2 Å². The summed E-state index contributed by atoms with van der Waals surface area (Å²) >= 11 is 0. The van der Waals surface area contributed by atoms with Gasteiger partial charge in [-0.05, 0) is 38.7 Å². The Hall–Kier alpha value is -1.96. The summed E-state index contributed by atoms with van der Waals surface area (Å²) in [7, 11) is 0. The number of rotatable bonds is 8. The number of carbonyl (C=O) groups excluding carboxylic acids is 2. The average molecular weight is 421 g/mol. The van der Waals surface area contributed by atoms with E-state index >= 15 is 0 Å². The third-order valence-corrected chi connectivity index (χ3v) is 5.46. The van der Waals surface area contributed by atoms with Crippen LogP contribution in [0.15, 0.2) is 30.3 Å². The minimum atomic E-state index is -2.23. The zero-order valence-corrected chi connectivity index (χ0v) is 18.3. The van der Waals surface area contributed by atoms with Crippen molar-refractivity contribution in [1.29, 1.82) is 0 Å². The summed E-state index contributed by atoms with van der Waals surface area (Å²) in [5.41, 5.74) is 9.84. The molecule has 7 heteroatoms. The zero-order chi connectivity index (χ0) is 22.4. The van der Waals surface area contributed by atoms with Gasteiger partial charge in [0.05, 0.1) is 5.92 Å². The molecule has 5 N–H and O–H groups in total. The molecule has 168 valence electrons. The summed E-state index contributed by atoms with van der Waals surface area (Å²) in [6, 6.07) is 9.08. The number of hydrogen-bond acceptors (Lipinski definition) is 7. The largest absolute Gasteiger partial charge is 0.460 e. The maximum absolute atomic E-state index is 12.9. The predicted molar refractivity (Wildman–Crippen MR) is 114 cm³/mol. The lowest BCUT2D eigenvalue weighted by atomic mass is 9.78. The van der Waals surface area contributed by atoms with Gasteiger partial charge in [0.1, 0.15) is 18.3 Å². The molecule has 2 atom stereocenters. The molecule has 1 aliphatic carbocycles. The summed E-state index contributed by atoms with van der Waals surface area (Å²) in [5, 5.41) is 11.0. The van der Waals surface area contributed by atoms with Crippen LogP contribution in [0.5, 0.6) is 0 Å². The van der Waals surface area contributed by atoms with E-state index in [1.54, 1.807) is 32.9 Å². The van der Waals surface area contributed by atoms with Gasteiger partial charge in [-0.15, -0.1) is 0 Å². The van der Waals surface area contributed by atoms with Gasteiger partial charge >= 0.3 is 11.9 Å². The average Bonchev–Trinajstić information content (AvgIpc) is 2.69. The standard InChI is InChI=1S/C23H36N2O5/c1-22(2,3)30-20(27)18(14-16-10-6-4-7-11-16)19(26)23(24,25)21(28)29-15-17-12-8-5-9-13-17/h5,8-9,12-13,16,18-19,26H,4,6-7,10-11,14-15,24-25H2,1-3H3/t18-,19+/m0/s1. The Labute approximate surface area is 179 Å². The van der Waals surface area contributed by atoms with Crippen molar-refractivity contribution >= 4 is 11.9 Å². The Balaban J connectivity index is 2.12. The van der Waals surface area contributed by atoms with E-state index in [1.165, 1.54) is 6.42 Å². The zero-order valence-electron chi connectivity index (χ0n) is 18.3. The predicted octanol–water partition coefficient (Wildman–Crippen LogP) is 2.63. The van der Waals surface area contributed by atoms with E-state index in [9.17, 15) is 14.7 Å². The summed E-state index contributed by atoms with van der Waals surface area (Å²) in [4.78, 5) is 25.5. The molecule has 0 unspecified atom stereocenters. The van der Waals surface area contributed by atoms with E-state index in [-0.39, 0.29) is 12.5 Å². The highest BCUT2D eigenvalue weighted by atomic mass is 16.6. The number of nitrogens with two attached hydrogens (primary N) is 2. The smallest absolute Gasteiger partial charge is 0.344 e. The molecule has 2 rings (SSSR count). The van der Waals surface area contributed by atoms with Crippen molar-refractivity contribution in [1.82, 2.24) is 0 Å². The van der Waals surface area contributed by atoms with Crippen LogP contribution < -0.4 is 11.5 Å². The summed E-state index contributed by atoms with van der Waals surface area (Å²) in [5.74, 6) is -2.32. The van der Waals surface area contributed by atoms with Crippen molar-refractivity contribution in [2.24, 2.45) is 23.3 Å². The molecule has 7 nitrogen and oxygen atoms in total. The summed E-state index contributed by atoms with van der Waals surface area (Å²) < 4.78 is 10.7. The number of hydrogen-bond donors (Lipinski definition) is 3. The van der Waals surface area contributed by atoms with Gasteiger partial charge in [-0.2, -0.15) is 0 Å². The first-order chi connectivity index (χ1) is 14.0. The lowest BCUT2D eigenvalue weighted by Gasteiger charge is -2.36. The van der Waals surface area contributed by atoms with Crippen molar-refractivity contribution in [3.05, 3.63) is 35.9 Å². The highest BCUT2D eigenvalue weighted by Crippen LogP contribution is 2.33. The number of esters is 2. The van der Waals surface area contributed by atoms with Gasteiger partial charge in [-0.3, -0.25) is 4.79 Å². The van der Waals surface area contributed by atoms with E-state index in [1.807, 2.05) is 18.2 Å². The summed E-state index contributed by atoms with van der Waals surface area (Å²) in [6.07, 6.45) is 4.00. The van der Waals surface area contributed by atoms with Crippen LogP contribution in [-0.4, -0.2) is 34.4 Å². The van der Waals surface area contributed by atoms with Gasteiger partial charge in [0, 0.05) is 0 Å². The molecule has 0 spiro atoms. The Kier molecular flexibility index (Phi) is 8.41. The fraction of sp³-hybridized carbons (Fsp3) is 0.652. The molecule has 0 heterocycles. The number of aliphatic hydroxyl groups is 1. The van der Waals surface area contributed by atoms with Gasteiger partial charge in [0.15, 0.2) is 5.66 Å². The molecular formula is C23H36N2O5. The first-order valence-electron chi connectivity index (χ1n) is 10.7. The van der Waals surface area contributed by atoms with Gasteiger partial charge in [-0.1, -0.05) is 62.4 Å². The highest BCUT2D eigenvalue weighted by Gasteiger charge is 2.47. The molecule has 1 aromatic carbocycles. The van der Waals surface area contributed by atoms with Gasteiger partial charge < -0.3 is 26.0 Å². The van der Waals surface area contributed by atoms with Crippen molar-refractivity contribution in [3.8, 4) is 0 Å². The molecule has 0 amide bonds. The van der Waals surface area contributed by atoms with Crippen LogP contribution in [0.4, 0.5) is 0 Å². The number of ether oxygens (including phenoxy) is 2. The van der Waals surface area contributed by atoms with E-state index in [4.69, 9.17) is 20.9 Å². The highest BCUT2D eigenvalue weighted by molar-refractivity contribution is 5.83. The fourth-order valence-electron chi connectivity index (χ4n) is 3.82. The second-order valence-electron chi connectivity index (χ2n) is 9.32. The minimum Gasteiger partial charge on any atom is -0.460 e. The van der Waals surface area contributed by atoms with Crippen LogP contribution in [-0.2, 0) is 25.7 Å². The van der Waals surface area contributed by atoms with Crippen LogP contribution in [0.1, 0.15) is 64.9 Å². The van der Waals surface area contributed by atoms with Gasteiger partial charge in [0.2, 0.25) is 0 Å². The lowest BCUT2D eigenvalue weighted by Crippen LogP contribution is -2.68. The first kappa shape index (κ1) is 24.3. The minimum absolute atomic E-state index is 0.0255. The van der Waals surface area contributed by atoms with Gasteiger partial charge in [-0.25, -0.2) is 4.79 Å². The monoisotopic (exact) mass is 420 g/mol. The summed E-state index contributed by atoms with van der Waals surface area (Å²) in [6.45, 7) is 5.23. The molecule has 1 aliphatic rings. The quantitative estimate of drug-likeness (QED) is 0.436. The maximum Gasteiger partial charge on any atom is 0.344 e. The van der Waals surface area contributed by atoms with Gasteiger partial charge in [0.25, 0.3) is 0 Å². The molecule has 0 aromatic heterocycles. The van der Waals surface area contributed by atoms with Crippen molar-refractivity contribution in [2.45, 2.75) is 83.3 Å². The van der Waals surface area contributed by atoms with Crippen LogP contribution in [0.3, 0.4) is 0 Å². The van der Waals surface area contributed by atoms with E-state index in [2.05, 4.69) is 0 Å². The Morgan fingerprint density at radius 2 is 1.70 bits per heavy atom. The SMILES string of the molecule is CC(C)(C)OC(=O)[C@@H](CC1CCCCC1)[C@@H](O)C(N)(N)C(=O)OCc1ccccc1.